The molecular formula is C28H24Cl2N2O4. The maximum absolute atomic E-state index is 12.4. The zero-order chi connectivity index (χ0) is 26.0. The number of halogens is 2. The number of nitriles is 1. The quantitative estimate of drug-likeness (QED) is 0.303. The minimum absolute atomic E-state index is 0.0226. The van der Waals surface area contributed by atoms with Gasteiger partial charge in [-0.15, -0.1) is 0 Å². The number of esters is 1. The average Bonchev–Trinajstić information content (AvgIpc) is 2.82. The predicted octanol–water partition coefficient (Wildman–Crippen LogP) is 6.49. The maximum atomic E-state index is 12.4. The second-order valence-corrected chi connectivity index (χ2v) is 10.1. The van der Waals surface area contributed by atoms with Crippen molar-refractivity contribution in [2.45, 2.75) is 32.1 Å². The molecule has 0 saturated carbocycles. The summed E-state index contributed by atoms with van der Waals surface area (Å²) in [6.07, 6.45) is 0. The minimum Gasteiger partial charge on any atom is -0.482 e. The van der Waals surface area contributed by atoms with Crippen molar-refractivity contribution in [3.63, 3.8) is 0 Å². The second-order valence-electron chi connectivity index (χ2n) is 9.30. The molecule has 36 heavy (non-hydrogen) atoms. The molecule has 0 radical (unpaired) electrons. The van der Waals surface area contributed by atoms with Gasteiger partial charge in [0.25, 0.3) is 0 Å². The Balaban J connectivity index is 1.52. The first-order valence-electron chi connectivity index (χ1n) is 11.2. The van der Waals surface area contributed by atoms with Crippen molar-refractivity contribution in [1.29, 1.82) is 5.26 Å². The van der Waals surface area contributed by atoms with Crippen molar-refractivity contribution in [3.05, 3.63) is 98.9 Å². The van der Waals surface area contributed by atoms with E-state index in [0.717, 1.165) is 5.56 Å². The number of nitrogens with two attached hydrogens (primary N) is 1. The Morgan fingerprint density at radius 2 is 1.69 bits per heavy atom. The number of carbonyl (C=O) groups is 1. The Morgan fingerprint density at radius 3 is 2.31 bits per heavy atom. The van der Waals surface area contributed by atoms with Crippen molar-refractivity contribution in [3.8, 4) is 23.3 Å². The lowest BCUT2D eigenvalue weighted by molar-refractivity contribution is -0.136. The average molecular weight is 523 g/mol. The number of fused-ring (bicyclic) bond motifs is 1. The zero-order valence-corrected chi connectivity index (χ0v) is 21.5. The number of ether oxygens (including phenoxy) is 3. The van der Waals surface area contributed by atoms with Crippen LogP contribution in [0.4, 0.5) is 0 Å². The molecule has 0 bridgehead atoms. The molecule has 6 nitrogen and oxygen atoms in total. The van der Waals surface area contributed by atoms with Crippen molar-refractivity contribution >= 4 is 29.2 Å². The Hall–Kier alpha value is -3.66. The lowest BCUT2D eigenvalue weighted by Gasteiger charge is -2.27. The monoisotopic (exact) mass is 522 g/mol. The molecule has 0 aromatic heterocycles. The third kappa shape index (κ3) is 5.28. The van der Waals surface area contributed by atoms with Crippen LogP contribution in [0, 0.1) is 11.3 Å². The van der Waals surface area contributed by atoms with Gasteiger partial charge >= 0.3 is 5.97 Å². The van der Waals surface area contributed by atoms with Crippen LogP contribution in [0.15, 0.2) is 72.1 Å². The SMILES string of the molecule is CC(C)(C)c1ccc(OCC(=O)Oc2ccc3c(c2)OC(N)=C(C#N)C3c2c(Cl)cccc2Cl)cc1. The number of carbonyl (C=O) groups excluding carboxylic acids is 1. The van der Waals surface area contributed by atoms with Crippen LogP contribution in [-0.4, -0.2) is 12.6 Å². The molecular weight excluding hydrogens is 499 g/mol. The molecule has 8 heteroatoms. The van der Waals surface area contributed by atoms with Gasteiger partial charge in [-0.25, -0.2) is 4.79 Å². The van der Waals surface area contributed by atoms with Gasteiger partial charge in [-0.05, 0) is 41.3 Å². The van der Waals surface area contributed by atoms with Crippen LogP contribution in [0.25, 0.3) is 0 Å². The summed E-state index contributed by atoms with van der Waals surface area (Å²) in [6.45, 7) is 6.10. The molecule has 1 aliphatic heterocycles. The van der Waals surface area contributed by atoms with Crippen LogP contribution >= 0.6 is 23.2 Å². The van der Waals surface area contributed by atoms with Gasteiger partial charge in [0, 0.05) is 27.2 Å². The van der Waals surface area contributed by atoms with Gasteiger partial charge in [-0.3, -0.25) is 0 Å². The molecule has 0 fully saturated rings. The van der Waals surface area contributed by atoms with E-state index in [2.05, 4.69) is 26.8 Å². The Morgan fingerprint density at radius 1 is 1.06 bits per heavy atom. The molecule has 0 spiro atoms. The van der Waals surface area contributed by atoms with Gasteiger partial charge in [0.15, 0.2) is 6.61 Å². The van der Waals surface area contributed by atoms with Crippen LogP contribution in [0.3, 0.4) is 0 Å². The largest absolute Gasteiger partial charge is 0.482 e. The Bertz CT molecular complexity index is 1370. The number of hydrogen-bond acceptors (Lipinski definition) is 6. The molecule has 1 aliphatic rings. The smallest absolute Gasteiger partial charge is 0.349 e. The first kappa shape index (κ1) is 25.4. The fourth-order valence-electron chi connectivity index (χ4n) is 3.94. The number of rotatable bonds is 5. The molecule has 0 amide bonds. The highest BCUT2D eigenvalue weighted by atomic mass is 35.5. The Labute approximate surface area is 219 Å². The van der Waals surface area contributed by atoms with E-state index < -0.39 is 11.9 Å². The van der Waals surface area contributed by atoms with E-state index in [1.165, 1.54) is 6.07 Å². The number of hydrogen-bond donors (Lipinski definition) is 1. The third-order valence-electron chi connectivity index (χ3n) is 5.79. The Kier molecular flexibility index (Phi) is 7.16. The second kappa shape index (κ2) is 10.1. The summed E-state index contributed by atoms with van der Waals surface area (Å²) in [7, 11) is 0. The molecule has 1 heterocycles. The summed E-state index contributed by atoms with van der Waals surface area (Å²) in [6, 6.07) is 19.6. The van der Waals surface area contributed by atoms with Gasteiger partial charge in [-0.1, -0.05) is 68.2 Å². The first-order chi connectivity index (χ1) is 17.1. The van der Waals surface area contributed by atoms with Gasteiger partial charge in [0.1, 0.15) is 28.9 Å². The van der Waals surface area contributed by atoms with Gasteiger partial charge in [0.2, 0.25) is 5.88 Å². The van der Waals surface area contributed by atoms with Crippen LogP contribution in [0.5, 0.6) is 17.2 Å². The standard InChI is InChI=1S/C28H24Cl2N2O4/c1-28(2,3)16-7-9-17(10-8-16)34-15-24(33)35-18-11-12-19-23(13-18)36-27(32)20(14-31)25(19)26-21(29)5-4-6-22(26)30/h4-13,25H,15,32H2,1-3H3. The zero-order valence-electron chi connectivity index (χ0n) is 20.0. The fraction of sp³-hybridized carbons (Fsp3) is 0.214. The fourth-order valence-corrected chi connectivity index (χ4v) is 4.55. The molecule has 1 unspecified atom stereocenters. The third-order valence-corrected chi connectivity index (χ3v) is 6.45. The van der Waals surface area contributed by atoms with Crippen LogP contribution in [-0.2, 0) is 10.2 Å². The van der Waals surface area contributed by atoms with E-state index in [1.54, 1.807) is 30.3 Å². The van der Waals surface area contributed by atoms with E-state index >= 15 is 0 Å². The lowest BCUT2D eigenvalue weighted by atomic mass is 9.83. The topological polar surface area (TPSA) is 94.6 Å². The summed E-state index contributed by atoms with van der Waals surface area (Å²) in [5.74, 6) is -0.160. The highest BCUT2D eigenvalue weighted by Gasteiger charge is 2.33. The molecule has 0 saturated heterocycles. The number of benzene rings is 3. The molecule has 2 N–H and O–H groups in total. The lowest BCUT2D eigenvalue weighted by Crippen LogP contribution is -2.22. The van der Waals surface area contributed by atoms with E-state index in [-0.39, 0.29) is 29.2 Å². The van der Waals surface area contributed by atoms with Crippen molar-refractivity contribution in [1.82, 2.24) is 0 Å². The molecule has 184 valence electrons. The van der Waals surface area contributed by atoms with Gasteiger partial charge < -0.3 is 19.9 Å². The summed E-state index contributed by atoms with van der Waals surface area (Å²) in [5, 5.41) is 10.5. The number of nitrogens with zero attached hydrogens (tertiary/aromatic N) is 1. The van der Waals surface area contributed by atoms with E-state index in [9.17, 15) is 10.1 Å². The van der Waals surface area contributed by atoms with Crippen molar-refractivity contribution < 1.29 is 19.0 Å². The van der Waals surface area contributed by atoms with Crippen LogP contribution in [0.1, 0.15) is 43.4 Å². The van der Waals surface area contributed by atoms with E-state index in [4.69, 9.17) is 43.1 Å². The summed E-state index contributed by atoms with van der Waals surface area (Å²) >= 11 is 12.9. The normalized spacial score (nSPS) is 14.9. The highest BCUT2D eigenvalue weighted by molar-refractivity contribution is 6.36. The maximum Gasteiger partial charge on any atom is 0.349 e. The first-order valence-corrected chi connectivity index (χ1v) is 11.9. The number of allylic oxidation sites excluding steroid dienone is 1. The summed E-state index contributed by atoms with van der Waals surface area (Å²) < 4.78 is 16.7. The summed E-state index contributed by atoms with van der Waals surface area (Å²) in [4.78, 5) is 12.4. The van der Waals surface area contributed by atoms with E-state index in [1.807, 2.05) is 24.3 Å². The van der Waals surface area contributed by atoms with Gasteiger partial charge in [-0.2, -0.15) is 5.26 Å². The predicted molar refractivity (Wildman–Crippen MR) is 138 cm³/mol. The van der Waals surface area contributed by atoms with E-state index in [0.29, 0.717) is 32.7 Å². The van der Waals surface area contributed by atoms with Crippen LogP contribution in [0.2, 0.25) is 10.0 Å². The molecule has 1 atom stereocenters. The summed E-state index contributed by atoms with van der Waals surface area (Å²) in [5.41, 5.74) is 8.59. The molecule has 4 rings (SSSR count). The molecule has 3 aromatic rings. The molecule has 0 aliphatic carbocycles. The van der Waals surface area contributed by atoms with Crippen molar-refractivity contribution in [2.24, 2.45) is 5.73 Å². The highest BCUT2D eigenvalue weighted by Crippen LogP contribution is 2.47. The van der Waals surface area contributed by atoms with Crippen molar-refractivity contribution in [2.75, 3.05) is 6.61 Å². The van der Waals surface area contributed by atoms with Crippen LogP contribution < -0.4 is 19.9 Å². The van der Waals surface area contributed by atoms with Gasteiger partial charge in [0.05, 0.1) is 5.92 Å². The minimum atomic E-state index is -0.635. The molecule has 3 aromatic carbocycles.